The minimum absolute atomic E-state index is 0.252. The van der Waals surface area contributed by atoms with Crippen LogP contribution in [0.2, 0.25) is 0 Å². The van der Waals surface area contributed by atoms with Crippen molar-refractivity contribution in [3.8, 4) is 11.3 Å². The molecule has 1 heterocycles. The summed E-state index contributed by atoms with van der Waals surface area (Å²) in [7, 11) is 0. The molecule has 0 saturated carbocycles. The lowest BCUT2D eigenvalue weighted by atomic mass is 10.1. The van der Waals surface area contributed by atoms with Crippen LogP contribution < -0.4 is 0 Å². The van der Waals surface area contributed by atoms with Crippen molar-refractivity contribution >= 4 is 21.9 Å². The average molecular weight is 403 g/mol. The summed E-state index contributed by atoms with van der Waals surface area (Å²) in [4.78, 5) is 12.0. The molecule has 6 heteroatoms. The molecule has 3 aromatic rings. The zero-order chi connectivity index (χ0) is 17.8. The van der Waals surface area contributed by atoms with Crippen molar-refractivity contribution in [2.24, 2.45) is 0 Å². The summed E-state index contributed by atoms with van der Waals surface area (Å²) in [5.41, 5.74) is 2.85. The van der Waals surface area contributed by atoms with E-state index in [-0.39, 0.29) is 18.1 Å². The number of ether oxygens (including phenoxy) is 1. The summed E-state index contributed by atoms with van der Waals surface area (Å²) >= 11 is 3.41. The Morgan fingerprint density at radius 2 is 1.84 bits per heavy atom. The number of esters is 1. The molecule has 4 nitrogen and oxygen atoms in total. The van der Waals surface area contributed by atoms with E-state index in [4.69, 9.17) is 4.74 Å². The van der Waals surface area contributed by atoms with Crippen LogP contribution in [0.3, 0.4) is 0 Å². The van der Waals surface area contributed by atoms with E-state index in [0.29, 0.717) is 6.54 Å². The SMILES string of the molecule is CCOC(=O)c1cc(-c2ccc(Br)cc2)n(Cc2ccc(F)cc2)n1. The van der Waals surface area contributed by atoms with Crippen molar-refractivity contribution in [1.82, 2.24) is 9.78 Å². The third kappa shape index (κ3) is 4.14. The van der Waals surface area contributed by atoms with Crippen LogP contribution >= 0.6 is 15.9 Å². The first-order chi connectivity index (χ1) is 12.1. The molecule has 128 valence electrons. The van der Waals surface area contributed by atoms with Gasteiger partial charge >= 0.3 is 5.97 Å². The highest BCUT2D eigenvalue weighted by atomic mass is 79.9. The van der Waals surface area contributed by atoms with Crippen molar-refractivity contribution in [3.63, 3.8) is 0 Å². The molecule has 0 saturated heterocycles. The zero-order valence-electron chi connectivity index (χ0n) is 13.6. The standard InChI is InChI=1S/C19H16BrFN2O2/c1-2-25-19(24)17-11-18(14-5-7-15(20)8-6-14)23(22-17)12-13-3-9-16(21)10-4-13/h3-11H,2,12H2,1H3. The van der Waals surface area contributed by atoms with Gasteiger partial charge in [0, 0.05) is 4.47 Å². The number of rotatable bonds is 5. The average Bonchev–Trinajstić information content (AvgIpc) is 3.02. The van der Waals surface area contributed by atoms with Gasteiger partial charge in [0.2, 0.25) is 0 Å². The Morgan fingerprint density at radius 3 is 2.48 bits per heavy atom. The van der Waals surface area contributed by atoms with E-state index in [9.17, 15) is 9.18 Å². The Hall–Kier alpha value is -2.47. The second-order valence-electron chi connectivity index (χ2n) is 5.43. The predicted octanol–water partition coefficient (Wildman–Crippen LogP) is 4.68. The molecule has 0 aliphatic heterocycles. The molecule has 0 aliphatic carbocycles. The molecule has 0 bridgehead atoms. The molecule has 2 aromatic carbocycles. The third-order valence-electron chi connectivity index (χ3n) is 3.65. The molecule has 3 rings (SSSR count). The van der Waals surface area contributed by atoms with Gasteiger partial charge in [-0.2, -0.15) is 5.10 Å². The second kappa shape index (κ2) is 7.61. The van der Waals surface area contributed by atoms with E-state index >= 15 is 0 Å². The third-order valence-corrected chi connectivity index (χ3v) is 4.18. The van der Waals surface area contributed by atoms with E-state index in [0.717, 1.165) is 21.3 Å². The fraction of sp³-hybridized carbons (Fsp3) is 0.158. The van der Waals surface area contributed by atoms with Crippen molar-refractivity contribution in [3.05, 3.63) is 76.1 Å². The maximum absolute atomic E-state index is 13.1. The highest BCUT2D eigenvalue weighted by Gasteiger charge is 2.16. The van der Waals surface area contributed by atoms with Gasteiger partial charge < -0.3 is 4.74 Å². The Labute approximate surface area is 153 Å². The quantitative estimate of drug-likeness (QED) is 0.582. The Bertz CT molecular complexity index is 873. The van der Waals surface area contributed by atoms with Crippen LogP contribution in [0.4, 0.5) is 4.39 Å². The van der Waals surface area contributed by atoms with E-state index in [2.05, 4.69) is 21.0 Å². The van der Waals surface area contributed by atoms with Crippen LogP contribution in [0.5, 0.6) is 0 Å². The van der Waals surface area contributed by atoms with Crippen LogP contribution in [0.1, 0.15) is 23.0 Å². The van der Waals surface area contributed by atoms with Gasteiger partial charge in [-0.15, -0.1) is 0 Å². The predicted molar refractivity (Wildman–Crippen MR) is 96.8 cm³/mol. The number of nitrogens with zero attached hydrogens (tertiary/aromatic N) is 2. The highest BCUT2D eigenvalue weighted by Crippen LogP contribution is 2.24. The number of benzene rings is 2. The maximum atomic E-state index is 13.1. The molecule has 0 N–H and O–H groups in total. The molecule has 25 heavy (non-hydrogen) atoms. The molecule has 0 fully saturated rings. The van der Waals surface area contributed by atoms with Gasteiger partial charge in [0.1, 0.15) is 5.82 Å². The van der Waals surface area contributed by atoms with E-state index in [1.165, 1.54) is 12.1 Å². The molecule has 0 amide bonds. The number of aromatic nitrogens is 2. The lowest BCUT2D eigenvalue weighted by Crippen LogP contribution is -2.08. The van der Waals surface area contributed by atoms with Crippen molar-refractivity contribution in [2.75, 3.05) is 6.61 Å². The monoisotopic (exact) mass is 402 g/mol. The van der Waals surface area contributed by atoms with Gasteiger partial charge in [0.25, 0.3) is 0 Å². The summed E-state index contributed by atoms with van der Waals surface area (Å²) in [6.07, 6.45) is 0. The number of hydrogen-bond donors (Lipinski definition) is 0. The smallest absolute Gasteiger partial charge is 0.358 e. The highest BCUT2D eigenvalue weighted by molar-refractivity contribution is 9.10. The fourth-order valence-electron chi connectivity index (χ4n) is 2.46. The molecule has 1 aromatic heterocycles. The largest absolute Gasteiger partial charge is 0.461 e. The molecule has 0 radical (unpaired) electrons. The fourth-order valence-corrected chi connectivity index (χ4v) is 2.72. The summed E-state index contributed by atoms with van der Waals surface area (Å²) in [6, 6.07) is 15.7. The minimum Gasteiger partial charge on any atom is -0.461 e. The lowest BCUT2D eigenvalue weighted by Gasteiger charge is -2.08. The van der Waals surface area contributed by atoms with Crippen LogP contribution in [-0.2, 0) is 11.3 Å². The minimum atomic E-state index is -0.460. The van der Waals surface area contributed by atoms with Gasteiger partial charge in [-0.1, -0.05) is 40.2 Å². The summed E-state index contributed by atoms with van der Waals surface area (Å²) < 4.78 is 20.8. The number of carbonyl (C=O) groups excluding carboxylic acids is 1. The summed E-state index contributed by atoms with van der Waals surface area (Å²) in [5.74, 6) is -0.747. The second-order valence-corrected chi connectivity index (χ2v) is 6.34. The van der Waals surface area contributed by atoms with Gasteiger partial charge in [-0.05, 0) is 48.4 Å². The van der Waals surface area contributed by atoms with E-state index in [1.807, 2.05) is 24.3 Å². The van der Waals surface area contributed by atoms with E-state index < -0.39 is 5.97 Å². The topological polar surface area (TPSA) is 44.1 Å². The van der Waals surface area contributed by atoms with Crippen LogP contribution in [-0.4, -0.2) is 22.4 Å². The molecular weight excluding hydrogens is 387 g/mol. The Morgan fingerprint density at radius 1 is 1.16 bits per heavy atom. The van der Waals surface area contributed by atoms with Gasteiger partial charge in [-0.25, -0.2) is 9.18 Å². The maximum Gasteiger partial charge on any atom is 0.358 e. The van der Waals surface area contributed by atoms with Crippen LogP contribution in [0.25, 0.3) is 11.3 Å². The first kappa shape index (κ1) is 17.4. The van der Waals surface area contributed by atoms with Crippen molar-refractivity contribution in [2.45, 2.75) is 13.5 Å². The van der Waals surface area contributed by atoms with Crippen molar-refractivity contribution < 1.29 is 13.9 Å². The summed E-state index contributed by atoms with van der Waals surface area (Å²) in [6.45, 7) is 2.46. The van der Waals surface area contributed by atoms with Crippen LogP contribution in [0.15, 0.2) is 59.1 Å². The number of hydrogen-bond acceptors (Lipinski definition) is 3. The Kier molecular flexibility index (Phi) is 5.28. The molecular formula is C19H16BrFN2O2. The van der Waals surface area contributed by atoms with E-state index in [1.54, 1.807) is 29.8 Å². The molecule has 0 spiro atoms. The molecule has 0 unspecified atom stereocenters. The first-order valence-corrected chi connectivity index (χ1v) is 8.61. The number of carbonyl (C=O) groups is 1. The normalized spacial score (nSPS) is 10.7. The lowest BCUT2D eigenvalue weighted by molar-refractivity contribution is 0.0518. The number of halogens is 2. The van der Waals surface area contributed by atoms with Gasteiger partial charge in [0.15, 0.2) is 5.69 Å². The molecule has 0 aliphatic rings. The van der Waals surface area contributed by atoms with Crippen LogP contribution in [0, 0.1) is 5.82 Å². The summed E-state index contributed by atoms with van der Waals surface area (Å²) in [5, 5.41) is 4.38. The van der Waals surface area contributed by atoms with Gasteiger partial charge in [0.05, 0.1) is 18.8 Å². The van der Waals surface area contributed by atoms with Gasteiger partial charge in [-0.3, -0.25) is 4.68 Å². The van der Waals surface area contributed by atoms with Crippen molar-refractivity contribution in [1.29, 1.82) is 0 Å². The first-order valence-electron chi connectivity index (χ1n) is 7.82. The molecule has 0 atom stereocenters. The zero-order valence-corrected chi connectivity index (χ0v) is 15.2. The Balaban J connectivity index is 2.00.